The SMILES string of the molecule is CC(=O)C(CCCCNC(=O)COCCOCCNC(=O)COCCOCCNC(=O)CCC(N)C(=O)O)NO. The number of carbonyl (C=O) groups is 5. The number of hydrogen-bond acceptors (Lipinski definition) is 12. The Balaban J connectivity index is 3.44. The number of ether oxygens (including phenoxy) is 4. The van der Waals surface area contributed by atoms with Crippen LogP contribution in [0.15, 0.2) is 0 Å². The normalized spacial score (nSPS) is 12.4. The van der Waals surface area contributed by atoms with Gasteiger partial charge in [0.1, 0.15) is 25.0 Å². The molecule has 16 nitrogen and oxygen atoms in total. The second-order valence-corrected chi connectivity index (χ2v) is 8.65. The maximum atomic E-state index is 11.7. The molecule has 232 valence electrons. The van der Waals surface area contributed by atoms with E-state index in [9.17, 15) is 24.0 Å². The molecule has 0 radical (unpaired) electrons. The molecule has 0 spiro atoms. The smallest absolute Gasteiger partial charge is 0.320 e. The van der Waals surface area contributed by atoms with Crippen molar-refractivity contribution in [2.24, 2.45) is 5.73 Å². The number of carbonyl (C=O) groups excluding carboxylic acids is 4. The average molecular weight is 580 g/mol. The number of nitrogens with two attached hydrogens (primary N) is 1. The lowest BCUT2D eigenvalue weighted by Crippen LogP contribution is -2.33. The van der Waals surface area contributed by atoms with E-state index in [-0.39, 0.29) is 102 Å². The largest absolute Gasteiger partial charge is 0.480 e. The third kappa shape index (κ3) is 23.2. The van der Waals surface area contributed by atoms with Gasteiger partial charge in [0.2, 0.25) is 17.7 Å². The first-order chi connectivity index (χ1) is 19.2. The van der Waals surface area contributed by atoms with Crippen LogP contribution in [-0.4, -0.2) is 124 Å². The van der Waals surface area contributed by atoms with E-state index in [2.05, 4.69) is 16.0 Å². The van der Waals surface area contributed by atoms with Crippen molar-refractivity contribution in [2.75, 3.05) is 72.5 Å². The van der Waals surface area contributed by atoms with E-state index in [1.807, 2.05) is 5.48 Å². The molecule has 0 fully saturated rings. The number of rotatable bonds is 27. The number of hydroxylamine groups is 1. The molecule has 0 aliphatic heterocycles. The predicted octanol–water partition coefficient (Wildman–Crippen LogP) is -2.30. The zero-order valence-electron chi connectivity index (χ0n) is 23.1. The molecule has 8 N–H and O–H groups in total. The molecule has 0 rings (SSSR count). The molecule has 2 atom stereocenters. The second kappa shape index (κ2) is 25.3. The van der Waals surface area contributed by atoms with Crippen molar-refractivity contribution < 1.29 is 53.2 Å². The number of unbranched alkanes of at least 4 members (excludes halogenated alkanes) is 1. The van der Waals surface area contributed by atoms with Crippen molar-refractivity contribution in [3.05, 3.63) is 0 Å². The quantitative estimate of drug-likeness (QED) is 0.0401. The highest BCUT2D eigenvalue weighted by molar-refractivity contribution is 5.81. The number of hydrogen-bond donors (Lipinski definition) is 7. The maximum absolute atomic E-state index is 11.7. The molecular formula is C24H45N5O11. The number of carboxylic acids is 1. The van der Waals surface area contributed by atoms with Crippen molar-refractivity contribution in [2.45, 2.75) is 51.1 Å². The van der Waals surface area contributed by atoms with E-state index in [4.69, 9.17) is 35.0 Å². The summed E-state index contributed by atoms with van der Waals surface area (Å²) in [5.41, 5.74) is 7.29. The first kappa shape index (κ1) is 37.3. The highest BCUT2D eigenvalue weighted by Gasteiger charge is 2.13. The Morgan fingerprint density at radius 1 is 0.700 bits per heavy atom. The second-order valence-electron chi connectivity index (χ2n) is 8.65. The van der Waals surface area contributed by atoms with Gasteiger partial charge in [-0.15, -0.1) is 0 Å². The van der Waals surface area contributed by atoms with Crippen LogP contribution in [0.5, 0.6) is 0 Å². The standard InChI is InChI=1S/C24H45N5O11/c1-18(30)20(29-36)4-2-3-7-26-22(32)16-39-14-13-38-11-9-28-23(33)17-40-15-12-37-10-8-27-21(31)6-5-19(25)24(34)35/h19-20,29,36H,2-17,25H2,1H3,(H,26,32)(H,27,31)(H,28,33)(H,34,35). The fourth-order valence-electron chi connectivity index (χ4n) is 2.96. The van der Waals surface area contributed by atoms with Gasteiger partial charge < -0.3 is 50.9 Å². The molecule has 0 aromatic rings. The van der Waals surface area contributed by atoms with Crippen LogP contribution in [0.2, 0.25) is 0 Å². The molecule has 0 heterocycles. The van der Waals surface area contributed by atoms with E-state index in [0.717, 1.165) is 0 Å². The Morgan fingerprint density at radius 2 is 1.20 bits per heavy atom. The minimum absolute atomic E-state index is 0.0162. The van der Waals surface area contributed by atoms with E-state index in [1.54, 1.807) is 0 Å². The highest BCUT2D eigenvalue weighted by Crippen LogP contribution is 2.01. The van der Waals surface area contributed by atoms with Gasteiger partial charge in [-0.3, -0.25) is 24.0 Å². The van der Waals surface area contributed by atoms with Gasteiger partial charge in [0.15, 0.2) is 0 Å². The number of ketones is 1. The third-order valence-electron chi connectivity index (χ3n) is 5.24. The number of aliphatic carboxylic acids is 1. The Kier molecular flexibility index (Phi) is 23.5. The lowest BCUT2D eigenvalue weighted by atomic mass is 10.1. The summed E-state index contributed by atoms with van der Waals surface area (Å²) in [7, 11) is 0. The zero-order valence-corrected chi connectivity index (χ0v) is 23.1. The van der Waals surface area contributed by atoms with E-state index < -0.39 is 18.1 Å². The van der Waals surface area contributed by atoms with Crippen molar-refractivity contribution in [1.82, 2.24) is 21.4 Å². The number of carboxylic acid groups (broad SMARTS) is 1. The van der Waals surface area contributed by atoms with Crippen molar-refractivity contribution in [3.8, 4) is 0 Å². The Morgan fingerprint density at radius 3 is 1.70 bits per heavy atom. The summed E-state index contributed by atoms with van der Waals surface area (Å²) in [4.78, 5) is 56.7. The summed E-state index contributed by atoms with van der Waals surface area (Å²) < 4.78 is 21.0. The molecule has 0 aromatic heterocycles. The summed E-state index contributed by atoms with van der Waals surface area (Å²) in [6.45, 7) is 3.55. The lowest BCUT2D eigenvalue weighted by Gasteiger charge is -2.11. The summed E-state index contributed by atoms with van der Waals surface area (Å²) in [6, 6.07) is -1.65. The minimum atomic E-state index is -1.15. The number of amides is 3. The monoisotopic (exact) mass is 579 g/mol. The first-order valence-electron chi connectivity index (χ1n) is 13.2. The first-order valence-corrected chi connectivity index (χ1v) is 13.2. The zero-order chi connectivity index (χ0) is 30.0. The topological polar surface area (TPSA) is 237 Å². The highest BCUT2D eigenvalue weighted by atomic mass is 16.5. The van der Waals surface area contributed by atoms with Crippen LogP contribution in [-0.2, 0) is 42.9 Å². The molecule has 0 aliphatic rings. The third-order valence-corrected chi connectivity index (χ3v) is 5.24. The molecule has 0 aliphatic carbocycles. The van der Waals surface area contributed by atoms with Crippen LogP contribution in [0.3, 0.4) is 0 Å². The summed E-state index contributed by atoms with van der Waals surface area (Å²) >= 11 is 0. The van der Waals surface area contributed by atoms with Gasteiger partial charge >= 0.3 is 5.97 Å². The molecule has 3 amide bonds. The summed E-state index contributed by atoms with van der Waals surface area (Å²) in [6.07, 6.45) is 1.90. The van der Waals surface area contributed by atoms with Crippen LogP contribution < -0.4 is 27.2 Å². The van der Waals surface area contributed by atoms with Gasteiger partial charge in [-0.25, -0.2) is 0 Å². The van der Waals surface area contributed by atoms with Crippen LogP contribution in [0.4, 0.5) is 0 Å². The molecule has 0 bridgehead atoms. The summed E-state index contributed by atoms with van der Waals surface area (Å²) in [5, 5.41) is 25.4. The molecule has 0 saturated heterocycles. The van der Waals surface area contributed by atoms with Gasteiger partial charge in [-0.05, 0) is 32.6 Å². The Hall–Kier alpha value is -2.73. The summed E-state index contributed by atoms with van der Waals surface area (Å²) in [5.74, 6) is -2.17. The maximum Gasteiger partial charge on any atom is 0.320 e. The lowest BCUT2D eigenvalue weighted by molar-refractivity contribution is -0.138. The molecule has 40 heavy (non-hydrogen) atoms. The van der Waals surface area contributed by atoms with Crippen LogP contribution in [0.25, 0.3) is 0 Å². The van der Waals surface area contributed by atoms with Crippen LogP contribution in [0, 0.1) is 0 Å². The van der Waals surface area contributed by atoms with Gasteiger partial charge in [0.25, 0.3) is 0 Å². The van der Waals surface area contributed by atoms with Crippen molar-refractivity contribution >= 4 is 29.5 Å². The van der Waals surface area contributed by atoms with E-state index in [1.165, 1.54) is 6.92 Å². The van der Waals surface area contributed by atoms with E-state index in [0.29, 0.717) is 25.8 Å². The van der Waals surface area contributed by atoms with Gasteiger partial charge in [-0.1, -0.05) is 0 Å². The molecule has 0 aromatic carbocycles. The minimum Gasteiger partial charge on any atom is -0.480 e. The van der Waals surface area contributed by atoms with E-state index >= 15 is 0 Å². The fraction of sp³-hybridized carbons (Fsp3) is 0.792. The molecule has 2 unspecified atom stereocenters. The predicted molar refractivity (Wildman–Crippen MR) is 140 cm³/mol. The van der Waals surface area contributed by atoms with Crippen LogP contribution >= 0.6 is 0 Å². The Labute approximate surface area is 233 Å². The van der Waals surface area contributed by atoms with Gasteiger partial charge in [0.05, 0.1) is 45.7 Å². The number of nitrogens with one attached hydrogen (secondary N) is 4. The van der Waals surface area contributed by atoms with Crippen LogP contribution in [0.1, 0.15) is 39.0 Å². The van der Waals surface area contributed by atoms with Gasteiger partial charge in [-0.2, -0.15) is 5.48 Å². The molecular weight excluding hydrogens is 534 g/mol. The van der Waals surface area contributed by atoms with Crippen molar-refractivity contribution in [3.63, 3.8) is 0 Å². The molecule has 0 saturated carbocycles. The average Bonchev–Trinajstić information content (AvgIpc) is 2.91. The molecule has 16 heteroatoms. The number of Topliss-reactive ketones (excluding diaryl/α,β-unsaturated/α-hetero) is 1. The fourth-order valence-corrected chi connectivity index (χ4v) is 2.96. The Bertz CT molecular complexity index is 742. The van der Waals surface area contributed by atoms with Gasteiger partial charge in [0, 0.05) is 26.1 Å². The van der Waals surface area contributed by atoms with Crippen molar-refractivity contribution in [1.29, 1.82) is 0 Å².